The maximum Gasteiger partial charge on any atom is 0.164 e. The standard InChI is InChI=1S/C24H18NO.C15H28O2.Ir/c1-15(2)16-10-11-18-17(14-16)12-13-25-23(18)21-8-5-7-20-19-6-3-4-9-22(19)26-24(20)21;1-7-14(5,8-2)12(16)11-13(17)15(6,9-3)10-4;/h3-7,9-15H,1-2H3;11,16H,7-10H2,1-6H3;/q-1;;/b;12-11-;. The molecule has 44 heavy (non-hydrogen) atoms. The molecule has 5 aromatic rings. The zero-order valence-electron chi connectivity index (χ0n) is 27.4. The van der Waals surface area contributed by atoms with Gasteiger partial charge < -0.3 is 14.5 Å². The number of nitrogens with zero attached hydrogens (tertiary/aromatic N) is 1. The number of fused-ring (bicyclic) bond motifs is 4. The molecule has 5 heteroatoms. The van der Waals surface area contributed by atoms with Crippen molar-refractivity contribution in [3.8, 4) is 11.3 Å². The minimum Gasteiger partial charge on any atom is -0.512 e. The third-order valence-corrected chi connectivity index (χ3v) is 9.63. The number of furan rings is 1. The molecule has 0 spiro atoms. The molecule has 1 radical (unpaired) electrons. The van der Waals surface area contributed by atoms with E-state index < -0.39 is 0 Å². The topological polar surface area (TPSA) is 63.3 Å². The van der Waals surface area contributed by atoms with E-state index in [0.29, 0.717) is 5.92 Å². The number of para-hydroxylation sites is 1. The van der Waals surface area contributed by atoms with Crippen molar-refractivity contribution in [1.82, 2.24) is 4.98 Å². The number of carbonyl (C=O) groups is 1. The molecule has 4 nitrogen and oxygen atoms in total. The van der Waals surface area contributed by atoms with Crippen LogP contribution in [-0.4, -0.2) is 15.9 Å². The van der Waals surface area contributed by atoms with Gasteiger partial charge in [0.05, 0.1) is 5.58 Å². The van der Waals surface area contributed by atoms with Crippen molar-refractivity contribution in [2.75, 3.05) is 0 Å². The Morgan fingerprint density at radius 3 is 2.20 bits per heavy atom. The summed E-state index contributed by atoms with van der Waals surface area (Å²) < 4.78 is 6.18. The van der Waals surface area contributed by atoms with Gasteiger partial charge in [0.25, 0.3) is 0 Å². The molecule has 5 rings (SSSR count). The van der Waals surface area contributed by atoms with E-state index in [2.05, 4.69) is 61.3 Å². The predicted molar refractivity (Wildman–Crippen MR) is 180 cm³/mol. The zero-order chi connectivity index (χ0) is 31.4. The second-order valence-electron chi connectivity index (χ2n) is 12.4. The van der Waals surface area contributed by atoms with Crippen LogP contribution in [0.2, 0.25) is 0 Å². The van der Waals surface area contributed by atoms with Crippen LogP contribution in [0.4, 0.5) is 0 Å². The molecule has 0 bridgehead atoms. The van der Waals surface area contributed by atoms with Gasteiger partial charge in [0.2, 0.25) is 0 Å². The van der Waals surface area contributed by atoms with Gasteiger partial charge in [-0.05, 0) is 65.8 Å². The van der Waals surface area contributed by atoms with E-state index in [-0.39, 0.29) is 42.5 Å². The molecule has 0 aliphatic heterocycles. The number of ketones is 1. The van der Waals surface area contributed by atoms with Gasteiger partial charge in [-0.25, -0.2) is 0 Å². The van der Waals surface area contributed by atoms with Crippen molar-refractivity contribution < 1.29 is 34.4 Å². The fourth-order valence-corrected chi connectivity index (χ4v) is 5.30. The molecule has 2 aromatic heterocycles. The van der Waals surface area contributed by atoms with Crippen LogP contribution < -0.4 is 0 Å². The third kappa shape index (κ3) is 7.00. The van der Waals surface area contributed by atoms with Gasteiger partial charge in [0.1, 0.15) is 11.3 Å². The summed E-state index contributed by atoms with van der Waals surface area (Å²) in [6.07, 6.45) is 6.63. The Bertz CT molecular complexity index is 1760. The summed E-state index contributed by atoms with van der Waals surface area (Å²) in [6.45, 7) is 16.5. The van der Waals surface area contributed by atoms with Crippen molar-refractivity contribution in [2.45, 2.75) is 87.0 Å². The smallest absolute Gasteiger partial charge is 0.164 e. The molecule has 0 amide bonds. The molecule has 2 heterocycles. The van der Waals surface area contributed by atoms with Crippen LogP contribution in [0.3, 0.4) is 0 Å². The molecule has 0 saturated carbocycles. The van der Waals surface area contributed by atoms with Crippen molar-refractivity contribution in [2.24, 2.45) is 10.8 Å². The Labute approximate surface area is 276 Å². The van der Waals surface area contributed by atoms with Crippen molar-refractivity contribution >= 4 is 38.5 Å². The number of rotatable bonds is 9. The Morgan fingerprint density at radius 1 is 0.909 bits per heavy atom. The summed E-state index contributed by atoms with van der Waals surface area (Å²) >= 11 is 0. The first-order valence-corrected chi connectivity index (χ1v) is 15.7. The Kier molecular flexibility index (Phi) is 11.7. The van der Waals surface area contributed by atoms with Crippen molar-refractivity contribution in [3.63, 3.8) is 0 Å². The molecule has 0 saturated heterocycles. The van der Waals surface area contributed by atoms with Gasteiger partial charge in [-0.1, -0.05) is 103 Å². The second kappa shape index (κ2) is 14.7. The molecule has 0 aliphatic rings. The summed E-state index contributed by atoms with van der Waals surface area (Å²) in [5.74, 6) is 0.787. The van der Waals surface area contributed by atoms with E-state index >= 15 is 0 Å². The first kappa shape index (κ1) is 35.2. The quantitative estimate of drug-likeness (QED) is 0.0921. The number of benzene rings is 3. The van der Waals surface area contributed by atoms with E-state index in [1.165, 1.54) is 17.0 Å². The largest absolute Gasteiger partial charge is 0.512 e. The van der Waals surface area contributed by atoms with Gasteiger partial charge in [-0.15, -0.1) is 18.2 Å². The van der Waals surface area contributed by atoms with Gasteiger partial charge in [0, 0.05) is 48.6 Å². The molecular weight excluding hydrogens is 723 g/mol. The van der Waals surface area contributed by atoms with Gasteiger partial charge in [0.15, 0.2) is 5.78 Å². The Balaban J connectivity index is 0.000000260. The van der Waals surface area contributed by atoms with Crippen molar-refractivity contribution in [1.29, 1.82) is 0 Å². The summed E-state index contributed by atoms with van der Waals surface area (Å²) in [4.78, 5) is 16.9. The second-order valence-corrected chi connectivity index (χ2v) is 12.4. The number of carbonyl (C=O) groups excluding carboxylic acids is 1. The number of pyridine rings is 1. The van der Waals surface area contributed by atoms with E-state index in [1.54, 1.807) is 0 Å². The van der Waals surface area contributed by atoms with Crippen molar-refractivity contribution in [3.05, 3.63) is 90.3 Å². The number of aliphatic hydroxyl groups excluding tert-OH is 1. The molecule has 235 valence electrons. The maximum absolute atomic E-state index is 12.2. The maximum atomic E-state index is 12.2. The van der Waals surface area contributed by atoms with Gasteiger partial charge >= 0.3 is 0 Å². The van der Waals surface area contributed by atoms with E-state index in [0.717, 1.165) is 64.3 Å². The summed E-state index contributed by atoms with van der Waals surface area (Å²) in [5, 5.41) is 14.7. The van der Waals surface area contributed by atoms with E-state index in [4.69, 9.17) is 4.42 Å². The van der Waals surface area contributed by atoms with Gasteiger partial charge in [-0.3, -0.25) is 4.79 Å². The van der Waals surface area contributed by atoms with Crippen LogP contribution in [-0.2, 0) is 24.9 Å². The number of aromatic nitrogens is 1. The van der Waals surface area contributed by atoms with Crippen LogP contribution in [0.5, 0.6) is 0 Å². The number of aliphatic hydroxyl groups is 1. The first-order valence-electron chi connectivity index (χ1n) is 15.7. The average Bonchev–Trinajstić information content (AvgIpc) is 3.42. The van der Waals surface area contributed by atoms with E-state index in [1.807, 2.05) is 72.0 Å². The molecule has 0 unspecified atom stereocenters. The molecule has 0 fully saturated rings. The number of hydrogen-bond acceptors (Lipinski definition) is 4. The molecular formula is C39H46IrNO3-. The molecule has 0 atom stereocenters. The first-order chi connectivity index (χ1) is 20.5. The Morgan fingerprint density at radius 2 is 1.57 bits per heavy atom. The summed E-state index contributed by atoms with van der Waals surface area (Å²) in [6, 6.07) is 24.2. The monoisotopic (exact) mass is 769 g/mol. The van der Waals surface area contributed by atoms with Crippen LogP contribution in [0.15, 0.2) is 83.1 Å². The van der Waals surface area contributed by atoms with Crippen LogP contribution >= 0.6 is 0 Å². The zero-order valence-corrected chi connectivity index (χ0v) is 29.8. The number of allylic oxidation sites excluding steroid dienone is 2. The van der Waals surface area contributed by atoms with Crippen LogP contribution in [0.1, 0.15) is 92.6 Å². The molecule has 3 aromatic carbocycles. The normalized spacial score (nSPS) is 12.3. The van der Waals surface area contributed by atoms with E-state index in [9.17, 15) is 9.90 Å². The van der Waals surface area contributed by atoms with Gasteiger partial charge in [-0.2, -0.15) is 0 Å². The number of hydrogen-bond donors (Lipinski definition) is 1. The molecule has 1 N–H and O–H groups in total. The van der Waals surface area contributed by atoms with Crippen LogP contribution in [0, 0.1) is 16.9 Å². The fourth-order valence-electron chi connectivity index (χ4n) is 5.30. The fraction of sp³-hybridized carbons (Fsp3) is 0.385. The Hall–Kier alpha value is -3.27. The van der Waals surface area contributed by atoms with Crippen LogP contribution in [0.25, 0.3) is 44.0 Å². The predicted octanol–water partition coefficient (Wildman–Crippen LogP) is 11.4. The summed E-state index contributed by atoms with van der Waals surface area (Å²) in [7, 11) is 0. The summed E-state index contributed by atoms with van der Waals surface area (Å²) in [5.41, 5.74) is 4.31. The average molecular weight is 769 g/mol. The SMILES string of the molecule is CC(C)c1ccc2c(-c3[c-]ccc4c3oc3ccccc34)nccc2c1.CCC(C)(CC)C(=O)/C=C(\O)C(C)(CC)CC.[Ir]. The minimum atomic E-state index is -0.337. The minimum absolute atomic E-state index is 0. The third-order valence-electron chi connectivity index (χ3n) is 9.63. The molecule has 0 aliphatic carbocycles.